The quantitative estimate of drug-likeness (QED) is 0.332. The van der Waals surface area contributed by atoms with Crippen LogP contribution in [0.15, 0.2) is 46.9 Å². The van der Waals surface area contributed by atoms with E-state index in [1.807, 2.05) is 31.2 Å². The van der Waals surface area contributed by atoms with Crippen LogP contribution in [-0.4, -0.2) is 39.6 Å². The van der Waals surface area contributed by atoms with Crippen molar-refractivity contribution in [3.8, 4) is 5.75 Å². The maximum absolute atomic E-state index is 12.4. The number of aryl methyl sites for hydroxylation is 1. The van der Waals surface area contributed by atoms with Crippen molar-refractivity contribution < 1.29 is 9.53 Å². The molecule has 1 aromatic carbocycles. The summed E-state index contributed by atoms with van der Waals surface area (Å²) in [5, 5.41) is 14.9. The molecule has 0 radical (unpaired) electrons. The fourth-order valence-corrected chi connectivity index (χ4v) is 5.60. The van der Waals surface area contributed by atoms with Crippen LogP contribution in [0.5, 0.6) is 5.75 Å². The Kier molecular flexibility index (Phi) is 8.23. The van der Waals surface area contributed by atoms with Crippen molar-refractivity contribution in [3.05, 3.63) is 58.0 Å². The molecule has 3 aromatic rings. The van der Waals surface area contributed by atoms with Gasteiger partial charge in [-0.15, -0.1) is 21.5 Å². The molecule has 2 aromatic heterocycles. The Morgan fingerprint density at radius 3 is 2.88 bits per heavy atom. The molecule has 170 valence electrons. The monoisotopic (exact) mass is 470 g/mol. The average Bonchev–Trinajstić information content (AvgIpc) is 3.46. The summed E-state index contributed by atoms with van der Waals surface area (Å²) in [5.41, 5.74) is 1.16. The Morgan fingerprint density at radius 2 is 2.09 bits per heavy atom. The van der Waals surface area contributed by atoms with E-state index >= 15 is 0 Å². The molecule has 0 atom stereocenters. The van der Waals surface area contributed by atoms with E-state index in [2.05, 4.69) is 37.6 Å². The molecule has 4 rings (SSSR count). The van der Waals surface area contributed by atoms with Crippen LogP contribution < -0.4 is 10.1 Å². The summed E-state index contributed by atoms with van der Waals surface area (Å²) in [5.74, 6) is 2.15. The minimum atomic E-state index is -0.0131. The Morgan fingerprint density at radius 1 is 1.22 bits per heavy atom. The van der Waals surface area contributed by atoms with Crippen molar-refractivity contribution in [2.75, 3.05) is 18.9 Å². The third kappa shape index (κ3) is 6.36. The van der Waals surface area contributed by atoms with Crippen LogP contribution in [0, 0.1) is 6.92 Å². The highest BCUT2D eigenvalue weighted by atomic mass is 32.2. The Bertz CT molecular complexity index is 997. The van der Waals surface area contributed by atoms with Gasteiger partial charge in [0.2, 0.25) is 5.91 Å². The Balaban J connectivity index is 1.30. The van der Waals surface area contributed by atoms with Gasteiger partial charge in [0.15, 0.2) is 5.16 Å². The zero-order valence-corrected chi connectivity index (χ0v) is 20.1. The maximum Gasteiger partial charge on any atom is 0.230 e. The van der Waals surface area contributed by atoms with Gasteiger partial charge in [-0.3, -0.25) is 4.79 Å². The van der Waals surface area contributed by atoms with Gasteiger partial charge in [-0.25, -0.2) is 0 Å². The van der Waals surface area contributed by atoms with E-state index in [0.717, 1.165) is 41.6 Å². The van der Waals surface area contributed by atoms with E-state index in [1.54, 1.807) is 11.3 Å². The summed E-state index contributed by atoms with van der Waals surface area (Å²) in [4.78, 5) is 13.7. The lowest BCUT2D eigenvalue weighted by atomic mass is 9.95. The first-order valence-corrected chi connectivity index (χ1v) is 13.1. The molecule has 0 saturated heterocycles. The van der Waals surface area contributed by atoms with Gasteiger partial charge < -0.3 is 14.6 Å². The molecule has 32 heavy (non-hydrogen) atoms. The largest absolute Gasteiger partial charge is 0.492 e. The fourth-order valence-electron chi connectivity index (χ4n) is 4.05. The second kappa shape index (κ2) is 11.5. The van der Waals surface area contributed by atoms with Gasteiger partial charge in [0.05, 0.1) is 12.3 Å². The van der Waals surface area contributed by atoms with E-state index in [-0.39, 0.29) is 5.91 Å². The third-order valence-corrected chi connectivity index (χ3v) is 7.42. The molecule has 0 unspecified atom stereocenters. The van der Waals surface area contributed by atoms with Crippen molar-refractivity contribution in [1.29, 1.82) is 0 Å². The molecular weight excluding hydrogens is 440 g/mol. The summed E-state index contributed by atoms with van der Waals surface area (Å²) < 4.78 is 8.01. The minimum Gasteiger partial charge on any atom is -0.492 e. The molecule has 0 aliphatic heterocycles. The summed E-state index contributed by atoms with van der Waals surface area (Å²) >= 11 is 3.23. The lowest BCUT2D eigenvalue weighted by Gasteiger charge is -2.25. The highest BCUT2D eigenvalue weighted by molar-refractivity contribution is 7.99. The number of thiophene rings is 1. The molecule has 1 N–H and O–H groups in total. The van der Waals surface area contributed by atoms with Gasteiger partial charge in [0, 0.05) is 17.3 Å². The molecule has 6 nitrogen and oxygen atoms in total. The van der Waals surface area contributed by atoms with Crippen LogP contribution in [0.25, 0.3) is 0 Å². The number of nitrogens with one attached hydrogen (secondary N) is 1. The first-order valence-electron chi connectivity index (χ1n) is 11.2. The number of benzene rings is 1. The van der Waals surface area contributed by atoms with E-state index in [0.29, 0.717) is 24.9 Å². The Labute approximate surface area is 197 Å². The number of rotatable bonds is 10. The summed E-state index contributed by atoms with van der Waals surface area (Å²) in [6, 6.07) is 12.6. The van der Waals surface area contributed by atoms with Crippen LogP contribution in [0.3, 0.4) is 0 Å². The van der Waals surface area contributed by atoms with Crippen molar-refractivity contribution in [2.24, 2.45) is 0 Å². The second-order valence-electron chi connectivity index (χ2n) is 8.12. The molecule has 8 heteroatoms. The first-order chi connectivity index (χ1) is 15.7. The number of thioether (sulfide) groups is 1. The molecule has 1 aliphatic carbocycles. The van der Waals surface area contributed by atoms with Crippen molar-refractivity contribution in [1.82, 2.24) is 20.1 Å². The average molecular weight is 471 g/mol. The molecule has 1 saturated carbocycles. The summed E-state index contributed by atoms with van der Waals surface area (Å²) in [6.07, 6.45) is 6.90. The topological polar surface area (TPSA) is 69.0 Å². The summed E-state index contributed by atoms with van der Waals surface area (Å²) in [6.45, 7) is 2.96. The Hall–Kier alpha value is -2.32. The van der Waals surface area contributed by atoms with E-state index in [4.69, 9.17) is 4.74 Å². The van der Waals surface area contributed by atoms with Crippen LogP contribution in [-0.2, 0) is 11.2 Å². The lowest BCUT2D eigenvalue weighted by Crippen LogP contribution is -2.29. The predicted molar refractivity (Wildman–Crippen MR) is 130 cm³/mol. The molecule has 0 bridgehead atoms. The lowest BCUT2D eigenvalue weighted by molar-refractivity contribution is -0.118. The van der Waals surface area contributed by atoms with Crippen LogP contribution in [0.4, 0.5) is 0 Å². The summed E-state index contributed by atoms with van der Waals surface area (Å²) in [7, 11) is 0. The van der Waals surface area contributed by atoms with Gasteiger partial charge in [-0.2, -0.15) is 0 Å². The van der Waals surface area contributed by atoms with Gasteiger partial charge in [0.1, 0.15) is 18.2 Å². The maximum atomic E-state index is 12.4. The SMILES string of the molecule is Cc1cccc(OCCNC(=O)CSc2nnc(Cc3cccs3)n2C2CCCCC2)c1. The zero-order valence-electron chi connectivity index (χ0n) is 18.5. The van der Waals surface area contributed by atoms with E-state index < -0.39 is 0 Å². The predicted octanol–water partition coefficient (Wildman–Crippen LogP) is 5.03. The number of aromatic nitrogens is 3. The third-order valence-electron chi connectivity index (χ3n) is 5.60. The highest BCUT2D eigenvalue weighted by Gasteiger charge is 2.23. The fraction of sp³-hybridized carbons (Fsp3) is 0.458. The molecule has 1 fully saturated rings. The van der Waals surface area contributed by atoms with Crippen molar-refractivity contribution in [3.63, 3.8) is 0 Å². The van der Waals surface area contributed by atoms with Crippen LogP contribution >= 0.6 is 23.1 Å². The zero-order chi connectivity index (χ0) is 22.2. The number of carbonyl (C=O) groups is 1. The number of ether oxygens (including phenoxy) is 1. The van der Waals surface area contributed by atoms with E-state index in [9.17, 15) is 4.79 Å². The van der Waals surface area contributed by atoms with Crippen molar-refractivity contribution >= 4 is 29.0 Å². The number of hydrogen-bond acceptors (Lipinski definition) is 6. The normalized spacial score (nSPS) is 14.4. The van der Waals surface area contributed by atoms with E-state index in [1.165, 1.54) is 35.9 Å². The molecule has 0 spiro atoms. The van der Waals surface area contributed by atoms with Crippen molar-refractivity contribution in [2.45, 2.75) is 56.6 Å². The van der Waals surface area contributed by atoms with Gasteiger partial charge in [-0.05, 0) is 48.9 Å². The second-order valence-corrected chi connectivity index (χ2v) is 10.1. The number of hydrogen-bond donors (Lipinski definition) is 1. The van der Waals surface area contributed by atoms with Gasteiger partial charge in [-0.1, -0.05) is 49.2 Å². The molecule has 1 aliphatic rings. The number of nitrogens with zero attached hydrogens (tertiary/aromatic N) is 3. The standard InChI is InChI=1S/C24H30N4O2S2/c1-18-7-5-10-20(15-18)30-13-12-25-23(29)17-32-24-27-26-22(16-21-11-6-14-31-21)28(24)19-8-3-2-4-9-19/h5-7,10-11,14-15,19H,2-4,8-9,12-13,16-17H2,1H3,(H,25,29). The van der Waals surface area contributed by atoms with Crippen LogP contribution in [0.2, 0.25) is 0 Å². The first kappa shape index (κ1) is 22.9. The van der Waals surface area contributed by atoms with Gasteiger partial charge >= 0.3 is 0 Å². The van der Waals surface area contributed by atoms with Gasteiger partial charge in [0.25, 0.3) is 0 Å². The van der Waals surface area contributed by atoms with Crippen LogP contribution in [0.1, 0.15) is 54.4 Å². The highest BCUT2D eigenvalue weighted by Crippen LogP contribution is 2.33. The molecule has 1 amide bonds. The minimum absolute atomic E-state index is 0.0131. The molecule has 2 heterocycles. The number of amides is 1. The number of carbonyl (C=O) groups excluding carboxylic acids is 1. The molecular formula is C24H30N4O2S2. The smallest absolute Gasteiger partial charge is 0.230 e.